The van der Waals surface area contributed by atoms with Crippen LogP contribution >= 0.6 is 0 Å². The summed E-state index contributed by atoms with van der Waals surface area (Å²) in [5, 5.41) is 3.56. The highest BCUT2D eigenvalue weighted by molar-refractivity contribution is 4.88. The highest BCUT2D eigenvalue weighted by atomic mass is 14.9. The molecule has 0 amide bonds. The van der Waals surface area contributed by atoms with Crippen LogP contribution < -0.4 is 5.32 Å². The lowest BCUT2D eigenvalue weighted by Gasteiger charge is -2.27. The molecule has 0 aliphatic heterocycles. The average molecular weight is 183 g/mol. The third-order valence-corrected chi connectivity index (χ3v) is 3.11. The quantitative estimate of drug-likeness (QED) is 0.706. The fourth-order valence-electron chi connectivity index (χ4n) is 1.83. The van der Waals surface area contributed by atoms with E-state index >= 15 is 0 Å². The molecule has 0 bridgehead atoms. The van der Waals surface area contributed by atoms with Crippen molar-refractivity contribution in [1.82, 2.24) is 5.32 Å². The van der Waals surface area contributed by atoms with E-state index in [4.69, 9.17) is 0 Å². The molecule has 1 rings (SSSR count). The standard InChI is InChI=1S/C12H25N/c1-11(2,3)13-9-8-12(4,5)10-6-7-10/h10,13H,6-9H2,1-5H3. The SMILES string of the molecule is CC(C)(C)NCCC(C)(C)C1CC1. The van der Waals surface area contributed by atoms with E-state index in [0.717, 1.165) is 12.5 Å². The number of rotatable bonds is 4. The van der Waals surface area contributed by atoms with Crippen molar-refractivity contribution in [3.63, 3.8) is 0 Å². The molecule has 78 valence electrons. The van der Waals surface area contributed by atoms with E-state index in [0.29, 0.717) is 5.41 Å². The minimum Gasteiger partial charge on any atom is -0.312 e. The number of hydrogen-bond donors (Lipinski definition) is 1. The molecule has 1 saturated carbocycles. The van der Waals surface area contributed by atoms with Gasteiger partial charge in [-0.1, -0.05) is 13.8 Å². The highest BCUT2D eigenvalue weighted by Gasteiger charge is 2.37. The summed E-state index contributed by atoms with van der Waals surface area (Å²) in [6.07, 6.45) is 4.24. The maximum Gasteiger partial charge on any atom is 0.00965 e. The van der Waals surface area contributed by atoms with Crippen LogP contribution in [0.3, 0.4) is 0 Å². The fraction of sp³-hybridized carbons (Fsp3) is 1.00. The van der Waals surface area contributed by atoms with Gasteiger partial charge in [0.2, 0.25) is 0 Å². The van der Waals surface area contributed by atoms with Crippen LogP contribution in [-0.4, -0.2) is 12.1 Å². The molecule has 0 radical (unpaired) electrons. The van der Waals surface area contributed by atoms with E-state index in [1.807, 2.05) is 0 Å². The van der Waals surface area contributed by atoms with E-state index in [2.05, 4.69) is 39.9 Å². The topological polar surface area (TPSA) is 12.0 Å². The zero-order chi connectivity index (χ0) is 10.1. The summed E-state index contributed by atoms with van der Waals surface area (Å²) in [5.74, 6) is 1.01. The first-order chi connectivity index (χ1) is 5.81. The molecule has 0 unspecified atom stereocenters. The van der Waals surface area contributed by atoms with Gasteiger partial charge in [-0.25, -0.2) is 0 Å². The molecular weight excluding hydrogens is 158 g/mol. The van der Waals surface area contributed by atoms with Crippen molar-refractivity contribution in [3.05, 3.63) is 0 Å². The third kappa shape index (κ3) is 4.12. The summed E-state index contributed by atoms with van der Waals surface area (Å²) in [6.45, 7) is 12.7. The van der Waals surface area contributed by atoms with Crippen LogP contribution in [0.15, 0.2) is 0 Å². The van der Waals surface area contributed by atoms with Crippen molar-refractivity contribution in [2.24, 2.45) is 11.3 Å². The summed E-state index contributed by atoms with van der Waals surface area (Å²) in [5.41, 5.74) is 0.845. The summed E-state index contributed by atoms with van der Waals surface area (Å²) in [7, 11) is 0. The first kappa shape index (κ1) is 11.0. The van der Waals surface area contributed by atoms with Crippen LogP contribution in [0.5, 0.6) is 0 Å². The monoisotopic (exact) mass is 183 g/mol. The predicted molar refractivity (Wildman–Crippen MR) is 58.9 cm³/mol. The average Bonchev–Trinajstić information content (AvgIpc) is 2.62. The Kier molecular flexibility index (Phi) is 3.06. The van der Waals surface area contributed by atoms with Gasteiger partial charge in [0.05, 0.1) is 0 Å². The van der Waals surface area contributed by atoms with Gasteiger partial charge >= 0.3 is 0 Å². The molecule has 0 aromatic rings. The molecule has 1 nitrogen and oxygen atoms in total. The van der Waals surface area contributed by atoms with Gasteiger partial charge in [-0.3, -0.25) is 0 Å². The second-order valence-corrected chi connectivity index (χ2v) is 6.19. The highest BCUT2D eigenvalue weighted by Crippen LogP contribution is 2.46. The van der Waals surface area contributed by atoms with E-state index in [-0.39, 0.29) is 5.54 Å². The van der Waals surface area contributed by atoms with Crippen LogP contribution in [0.1, 0.15) is 53.9 Å². The summed E-state index contributed by atoms with van der Waals surface area (Å²) >= 11 is 0. The zero-order valence-corrected chi connectivity index (χ0v) is 9.91. The smallest absolute Gasteiger partial charge is 0.00965 e. The molecule has 0 spiro atoms. The summed E-state index contributed by atoms with van der Waals surface area (Å²) in [6, 6.07) is 0. The summed E-state index contributed by atoms with van der Waals surface area (Å²) in [4.78, 5) is 0. The molecule has 1 fully saturated rings. The Morgan fingerprint density at radius 2 is 1.62 bits per heavy atom. The maximum absolute atomic E-state index is 3.56. The molecule has 1 heteroatoms. The lowest BCUT2D eigenvalue weighted by atomic mass is 9.84. The van der Waals surface area contributed by atoms with E-state index < -0.39 is 0 Å². The lowest BCUT2D eigenvalue weighted by molar-refractivity contribution is 0.264. The Morgan fingerprint density at radius 1 is 1.08 bits per heavy atom. The van der Waals surface area contributed by atoms with Gasteiger partial charge in [0.1, 0.15) is 0 Å². The molecule has 0 atom stereocenters. The molecule has 0 aromatic carbocycles. The van der Waals surface area contributed by atoms with E-state index in [1.165, 1.54) is 19.3 Å². The van der Waals surface area contributed by atoms with Crippen LogP contribution in [0.4, 0.5) is 0 Å². The lowest BCUT2D eigenvalue weighted by Crippen LogP contribution is -2.38. The molecular formula is C12H25N. The van der Waals surface area contributed by atoms with Gasteiger partial charge in [0.25, 0.3) is 0 Å². The normalized spacial score (nSPS) is 19.2. The second-order valence-electron chi connectivity index (χ2n) is 6.19. The number of nitrogens with one attached hydrogen (secondary N) is 1. The van der Waals surface area contributed by atoms with Gasteiger partial charge in [-0.05, 0) is 57.9 Å². The predicted octanol–water partition coefficient (Wildman–Crippen LogP) is 3.20. The Balaban J connectivity index is 2.18. The molecule has 1 N–H and O–H groups in total. The van der Waals surface area contributed by atoms with Gasteiger partial charge in [0.15, 0.2) is 0 Å². The zero-order valence-electron chi connectivity index (χ0n) is 9.91. The van der Waals surface area contributed by atoms with Crippen molar-refractivity contribution >= 4 is 0 Å². The van der Waals surface area contributed by atoms with E-state index in [1.54, 1.807) is 0 Å². The molecule has 0 aromatic heterocycles. The molecule has 1 aliphatic rings. The minimum atomic E-state index is 0.277. The minimum absolute atomic E-state index is 0.277. The van der Waals surface area contributed by atoms with Crippen LogP contribution in [0.2, 0.25) is 0 Å². The van der Waals surface area contributed by atoms with Crippen LogP contribution in [-0.2, 0) is 0 Å². The van der Waals surface area contributed by atoms with Crippen molar-refractivity contribution < 1.29 is 0 Å². The first-order valence-corrected chi connectivity index (χ1v) is 5.56. The maximum atomic E-state index is 3.56. The molecule has 1 aliphatic carbocycles. The van der Waals surface area contributed by atoms with Gasteiger partial charge in [-0.2, -0.15) is 0 Å². The fourth-order valence-corrected chi connectivity index (χ4v) is 1.83. The van der Waals surface area contributed by atoms with Crippen molar-refractivity contribution in [1.29, 1.82) is 0 Å². The van der Waals surface area contributed by atoms with Crippen molar-refractivity contribution in [2.75, 3.05) is 6.54 Å². The molecule has 13 heavy (non-hydrogen) atoms. The van der Waals surface area contributed by atoms with E-state index in [9.17, 15) is 0 Å². The Morgan fingerprint density at radius 3 is 2.00 bits per heavy atom. The second kappa shape index (κ2) is 3.61. The van der Waals surface area contributed by atoms with Crippen LogP contribution in [0, 0.1) is 11.3 Å². The Bertz CT molecular complexity index is 160. The van der Waals surface area contributed by atoms with Gasteiger partial charge in [0, 0.05) is 5.54 Å². The van der Waals surface area contributed by atoms with Crippen molar-refractivity contribution in [3.8, 4) is 0 Å². The van der Waals surface area contributed by atoms with Gasteiger partial charge < -0.3 is 5.32 Å². The summed E-state index contributed by atoms with van der Waals surface area (Å²) < 4.78 is 0. The first-order valence-electron chi connectivity index (χ1n) is 5.56. The largest absolute Gasteiger partial charge is 0.312 e. The molecule has 0 saturated heterocycles. The Hall–Kier alpha value is -0.0400. The van der Waals surface area contributed by atoms with Gasteiger partial charge in [-0.15, -0.1) is 0 Å². The third-order valence-electron chi connectivity index (χ3n) is 3.11. The Labute approximate surface area is 83.3 Å². The molecule has 0 heterocycles. The van der Waals surface area contributed by atoms with Crippen LogP contribution in [0.25, 0.3) is 0 Å². The van der Waals surface area contributed by atoms with Crippen molar-refractivity contribution in [2.45, 2.75) is 59.4 Å². The number of hydrogen-bond acceptors (Lipinski definition) is 1.